The summed E-state index contributed by atoms with van der Waals surface area (Å²) in [4.78, 5) is 14.6. The molecule has 142 valence electrons. The maximum absolute atomic E-state index is 13.3. The quantitative estimate of drug-likeness (QED) is 0.812. The van der Waals surface area contributed by atoms with Crippen molar-refractivity contribution in [3.8, 4) is 0 Å². The van der Waals surface area contributed by atoms with Gasteiger partial charge >= 0.3 is 0 Å². The molecule has 1 unspecified atom stereocenters. The summed E-state index contributed by atoms with van der Waals surface area (Å²) in [6.45, 7) is 3.95. The number of fused-ring (bicyclic) bond motifs is 1. The first-order valence-electron chi connectivity index (χ1n) is 9.08. The lowest BCUT2D eigenvalue weighted by Crippen LogP contribution is -2.40. The zero-order valence-corrected chi connectivity index (χ0v) is 16.0. The highest BCUT2D eigenvalue weighted by molar-refractivity contribution is 7.92. The number of ether oxygens (including phenoxy) is 1. The van der Waals surface area contributed by atoms with E-state index in [1.807, 2.05) is 31.2 Å². The number of nitrogens with zero attached hydrogens (tertiary/aromatic N) is 2. The van der Waals surface area contributed by atoms with E-state index < -0.39 is 10.0 Å². The van der Waals surface area contributed by atoms with Crippen LogP contribution < -0.4 is 4.31 Å². The molecule has 0 aliphatic carbocycles. The van der Waals surface area contributed by atoms with E-state index in [2.05, 4.69) is 0 Å². The average molecular weight is 386 g/mol. The van der Waals surface area contributed by atoms with Gasteiger partial charge in [-0.25, -0.2) is 8.42 Å². The van der Waals surface area contributed by atoms with Gasteiger partial charge in [-0.05, 0) is 43.2 Å². The summed E-state index contributed by atoms with van der Waals surface area (Å²) in [5.41, 5.74) is 2.13. The Kier molecular flexibility index (Phi) is 4.65. The SMILES string of the molecule is CC1Cc2ccccc2N1S(=O)(=O)c1cccc(C(=O)N2CCOCC2)c1. The summed E-state index contributed by atoms with van der Waals surface area (Å²) < 4.78 is 33.4. The standard InChI is InChI=1S/C20H22N2O4S/c1-15-13-16-5-2-3-8-19(16)22(15)27(24,25)18-7-4-6-17(14-18)20(23)21-9-11-26-12-10-21/h2-8,14-15H,9-13H2,1H3. The van der Waals surface area contributed by atoms with Crippen molar-refractivity contribution < 1.29 is 17.9 Å². The first kappa shape index (κ1) is 18.0. The molecule has 2 aliphatic rings. The van der Waals surface area contributed by atoms with Crippen LogP contribution in [0, 0.1) is 0 Å². The zero-order valence-electron chi connectivity index (χ0n) is 15.2. The Balaban J connectivity index is 1.68. The van der Waals surface area contributed by atoms with Crippen molar-refractivity contribution in [2.75, 3.05) is 30.6 Å². The highest BCUT2D eigenvalue weighted by Crippen LogP contribution is 2.36. The largest absolute Gasteiger partial charge is 0.378 e. The third kappa shape index (κ3) is 3.21. The summed E-state index contributed by atoms with van der Waals surface area (Å²) in [5.74, 6) is -0.162. The van der Waals surface area contributed by atoms with Gasteiger partial charge in [-0.15, -0.1) is 0 Å². The maximum Gasteiger partial charge on any atom is 0.264 e. The molecular weight excluding hydrogens is 364 g/mol. The number of hydrogen-bond donors (Lipinski definition) is 0. The Bertz CT molecular complexity index is 967. The molecule has 0 spiro atoms. The second kappa shape index (κ2) is 6.98. The number of benzene rings is 2. The Hall–Kier alpha value is -2.38. The lowest BCUT2D eigenvalue weighted by atomic mass is 10.1. The first-order valence-corrected chi connectivity index (χ1v) is 10.5. The molecule has 0 N–H and O–H groups in total. The fraction of sp³-hybridized carbons (Fsp3) is 0.350. The van der Waals surface area contributed by atoms with Crippen LogP contribution in [-0.2, 0) is 21.2 Å². The average Bonchev–Trinajstić information content (AvgIpc) is 3.04. The minimum absolute atomic E-state index is 0.144. The van der Waals surface area contributed by atoms with Gasteiger partial charge in [0.05, 0.1) is 23.8 Å². The minimum atomic E-state index is -3.75. The van der Waals surface area contributed by atoms with Crippen LogP contribution in [0.5, 0.6) is 0 Å². The number of para-hydroxylation sites is 1. The van der Waals surface area contributed by atoms with Gasteiger partial charge in [0, 0.05) is 24.7 Å². The van der Waals surface area contributed by atoms with Gasteiger partial charge < -0.3 is 9.64 Å². The molecule has 0 radical (unpaired) electrons. The van der Waals surface area contributed by atoms with Crippen LogP contribution in [0.3, 0.4) is 0 Å². The Morgan fingerprint density at radius 1 is 1.07 bits per heavy atom. The van der Waals surface area contributed by atoms with Crippen molar-refractivity contribution in [3.63, 3.8) is 0 Å². The van der Waals surface area contributed by atoms with Gasteiger partial charge in [0.15, 0.2) is 0 Å². The van der Waals surface area contributed by atoms with E-state index >= 15 is 0 Å². The number of hydrogen-bond acceptors (Lipinski definition) is 4. The fourth-order valence-corrected chi connectivity index (χ4v) is 5.49. The molecule has 0 bridgehead atoms. The number of carbonyl (C=O) groups excluding carboxylic acids is 1. The fourth-order valence-electron chi connectivity index (χ4n) is 3.76. The van der Waals surface area contributed by atoms with Crippen molar-refractivity contribution in [3.05, 3.63) is 59.7 Å². The van der Waals surface area contributed by atoms with E-state index in [0.29, 0.717) is 38.3 Å². The molecule has 4 rings (SSSR count). The van der Waals surface area contributed by atoms with Gasteiger partial charge in [-0.2, -0.15) is 0 Å². The Morgan fingerprint density at radius 2 is 1.81 bits per heavy atom. The number of rotatable bonds is 3. The minimum Gasteiger partial charge on any atom is -0.378 e. The van der Waals surface area contributed by atoms with Crippen molar-refractivity contribution in [2.45, 2.75) is 24.3 Å². The van der Waals surface area contributed by atoms with Crippen molar-refractivity contribution in [1.82, 2.24) is 4.90 Å². The zero-order chi connectivity index (χ0) is 19.0. The van der Waals surface area contributed by atoms with Crippen LogP contribution in [0.15, 0.2) is 53.4 Å². The monoisotopic (exact) mass is 386 g/mol. The topological polar surface area (TPSA) is 66.9 Å². The van der Waals surface area contributed by atoms with E-state index in [0.717, 1.165) is 11.3 Å². The molecular formula is C20H22N2O4S. The second-order valence-corrected chi connectivity index (χ2v) is 8.73. The van der Waals surface area contributed by atoms with Crippen molar-refractivity contribution in [2.24, 2.45) is 0 Å². The lowest BCUT2D eigenvalue weighted by Gasteiger charge is -2.27. The summed E-state index contributed by atoms with van der Waals surface area (Å²) in [6, 6.07) is 13.7. The normalized spacial score (nSPS) is 19.8. The lowest BCUT2D eigenvalue weighted by molar-refractivity contribution is 0.0302. The third-order valence-electron chi connectivity index (χ3n) is 5.08. The van der Waals surface area contributed by atoms with E-state index in [1.54, 1.807) is 23.1 Å². The van der Waals surface area contributed by atoms with Crippen LogP contribution in [0.2, 0.25) is 0 Å². The Labute approximate surface area is 159 Å². The van der Waals surface area contributed by atoms with Crippen LogP contribution >= 0.6 is 0 Å². The van der Waals surface area contributed by atoms with Crippen LogP contribution in [0.4, 0.5) is 5.69 Å². The molecule has 1 amide bonds. The molecule has 0 aromatic heterocycles. The predicted molar refractivity (Wildman–Crippen MR) is 102 cm³/mol. The molecule has 1 saturated heterocycles. The molecule has 2 aromatic carbocycles. The highest BCUT2D eigenvalue weighted by Gasteiger charge is 2.36. The molecule has 6 nitrogen and oxygen atoms in total. The number of anilines is 1. The van der Waals surface area contributed by atoms with Gasteiger partial charge in [-0.3, -0.25) is 9.10 Å². The second-order valence-electron chi connectivity index (χ2n) is 6.92. The third-order valence-corrected chi connectivity index (χ3v) is 7.00. The highest BCUT2D eigenvalue weighted by atomic mass is 32.2. The number of morpholine rings is 1. The van der Waals surface area contributed by atoms with E-state index in [9.17, 15) is 13.2 Å². The van der Waals surface area contributed by atoms with Crippen molar-refractivity contribution in [1.29, 1.82) is 0 Å². The van der Waals surface area contributed by atoms with E-state index in [-0.39, 0.29) is 16.8 Å². The van der Waals surface area contributed by atoms with Gasteiger partial charge in [-0.1, -0.05) is 24.3 Å². The summed E-state index contributed by atoms with van der Waals surface area (Å²) in [6.07, 6.45) is 0.682. The first-order chi connectivity index (χ1) is 13.0. The summed E-state index contributed by atoms with van der Waals surface area (Å²) >= 11 is 0. The van der Waals surface area contributed by atoms with E-state index in [1.165, 1.54) is 10.4 Å². The summed E-state index contributed by atoms with van der Waals surface area (Å²) in [7, 11) is -3.75. The van der Waals surface area contributed by atoms with Crippen LogP contribution in [0.1, 0.15) is 22.8 Å². The maximum atomic E-state index is 13.3. The molecule has 1 atom stereocenters. The Morgan fingerprint density at radius 3 is 2.59 bits per heavy atom. The molecule has 27 heavy (non-hydrogen) atoms. The number of sulfonamides is 1. The van der Waals surface area contributed by atoms with Gasteiger partial charge in [0.1, 0.15) is 0 Å². The molecule has 2 heterocycles. The molecule has 1 fully saturated rings. The molecule has 2 aromatic rings. The molecule has 0 saturated carbocycles. The van der Waals surface area contributed by atoms with Crippen molar-refractivity contribution >= 4 is 21.6 Å². The van der Waals surface area contributed by atoms with Gasteiger partial charge in [0.2, 0.25) is 0 Å². The van der Waals surface area contributed by atoms with E-state index in [4.69, 9.17) is 4.74 Å². The van der Waals surface area contributed by atoms with Gasteiger partial charge in [0.25, 0.3) is 15.9 Å². The van der Waals surface area contributed by atoms with Crippen LogP contribution in [0.25, 0.3) is 0 Å². The molecule has 7 heteroatoms. The molecule has 2 aliphatic heterocycles. The van der Waals surface area contributed by atoms with Crippen LogP contribution in [-0.4, -0.2) is 51.6 Å². The number of carbonyl (C=O) groups is 1. The number of amides is 1. The predicted octanol–water partition coefficient (Wildman–Crippen LogP) is 2.30. The smallest absolute Gasteiger partial charge is 0.264 e. The summed E-state index contributed by atoms with van der Waals surface area (Å²) in [5, 5.41) is 0.